The van der Waals surface area contributed by atoms with Gasteiger partial charge in [0.25, 0.3) is 0 Å². The molecule has 0 radical (unpaired) electrons. The number of guanidine groups is 1. The Hall–Kier alpha value is -2.01. The number of fused-ring (bicyclic) bond motifs is 1. The Bertz CT molecular complexity index is 981. The molecular weight excluding hydrogens is 517 g/mol. The molecule has 2 aromatic rings. The monoisotopic (exact) mass is 545 g/mol. The van der Waals surface area contributed by atoms with Gasteiger partial charge in [-0.1, -0.05) is 18.2 Å². The molecule has 0 aromatic heterocycles. The molecule has 0 spiro atoms. The van der Waals surface area contributed by atoms with Gasteiger partial charge in [0.15, 0.2) is 27.3 Å². The summed E-state index contributed by atoms with van der Waals surface area (Å²) in [5, 5.41) is 3.19. The Labute approximate surface area is 195 Å². The molecule has 0 amide bonds. The molecule has 30 heavy (non-hydrogen) atoms. The summed E-state index contributed by atoms with van der Waals surface area (Å²) >= 11 is 0. The van der Waals surface area contributed by atoms with Crippen molar-refractivity contribution in [2.24, 2.45) is 4.99 Å². The zero-order valence-electron chi connectivity index (χ0n) is 17.4. The summed E-state index contributed by atoms with van der Waals surface area (Å²) in [7, 11) is 1.64. The van der Waals surface area contributed by atoms with E-state index in [0.717, 1.165) is 24.3 Å². The lowest BCUT2D eigenvalue weighted by Crippen LogP contribution is -2.45. The highest BCUT2D eigenvalue weighted by Gasteiger charge is 2.22. The van der Waals surface area contributed by atoms with Crippen molar-refractivity contribution in [2.75, 3.05) is 40.1 Å². The first kappa shape index (κ1) is 24.3. The molecule has 0 atom stereocenters. The average Bonchev–Trinajstić information content (AvgIpc) is 2.76. The van der Waals surface area contributed by atoms with Crippen molar-refractivity contribution in [3.05, 3.63) is 53.6 Å². The van der Waals surface area contributed by atoms with Crippen molar-refractivity contribution in [1.29, 1.82) is 0 Å². The van der Waals surface area contributed by atoms with Gasteiger partial charge in [-0.05, 0) is 41.8 Å². The van der Waals surface area contributed by atoms with E-state index in [1.54, 1.807) is 51.6 Å². The van der Waals surface area contributed by atoms with Gasteiger partial charge in [0.2, 0.25) is 0 Å². The number of halogens is 1. The second kappa shape index (κ2) is 10.9. The number of hydrogen-bond acceptors (Lipinski definition) is 5. The number of nitrogens with one attached hydrogen (secondary N) is 1. The molecule has 9 heteroatoms. The van der Waals surface area contributed by atoms with Crippen LogP contribution in [0.4, 0.5) is 0 Å². The highest BCUT2D eigenvalue weighted by Crippen LogP contribution is 2.33. The summed E-state index contributed by atoms with van der Waals surface area (Å²) in [6, 6.07) is 12.5. The highest BCUT2D eigenvalue weighted by atomic mass is 127. The molecule has 0 saturated heterocycles. The highest BCUT2D eigenvalue weighted by molar-refractivity contribution is 14.0. The Morgan fingerprint density at radius 2 is 1.73 bits per heavy atom. The van der Waals surface area contributed by atoms with Crippen LogP contribution in [0.25, 0.3) is 0 Å². The van der Waals surface area contributed by atoms with Gasteiger partial charge in [-0.2, -0.15) is 0 Å². The largest absolute Gasteiger partial charge is 0.493 e. The van der Waals surface area contributed by atoms with Crippen molar-refractivity contribution < 1.29 is 17.9 Å². The van der Waals surface area contributed by atoms with Crippen LogP contribution in [0.2, 0.25) is 0 Å². The zero-order chi connectivity index (χ0) is 20.9. The van der Waals surface area contributed by atoms with Gasteiger partial charge in [0.1, 0.15) is 0 Å². The van der Waals surface area contributed by atoms with Crippen molar-refractivity contribution >= 4 is 39.8 Å². The second-order valence-electron chi connectivity index (χ2n) is 6.75. The maximum atomic E-state index is 12.5. The summed E-state index contributed by atoms with van der Waals surface area (Å²) in [4.78, 5) is 6.79. The van der Waals surface area contributed by atoms with Crippen LogP contribution in [0, 0.1) is 0 Å². The number of aliphatic imine (C=N–C) groups is 1. The minimum absolute atomic E-state index is 0. The van der Waals surface area contributed by atoms with E-state index in [9.17, 15) is 8.42 Å². The second-order valence-corrected chi connectivity index (χ2v) is 8.86. The summed E-state index contributed by atoms with van der Waals surface area (Å²) < 4.78 is 35.7. The average molecular weight is 545 g/mol. The van der Waals surface area contributed by atoms with Crippen LogP contribution >= 0.6 is 24.0 Å². The van der Waals surface area contributed by atoms with Crippen LogP contribution in [-0.4, -0.2) is 59.4 Å². The van der Waals surface area contributed by atoms with Crippen molar-refractivity contribution in [3.63, 3.8) is 0 Å². The summed E-state index contributed by atoms with van der Waals surface area (Å²) in [5.41, 5.74) is 2.37. The summed E-state index contributed by atoms with van der Waals surface area (Å²) in [6.45, 7) is 1.74. The molecule has 2 aromatic carbocycles. The molecule has 1 heterocycles. The topological polar surface area (TPSA) is 80.2 Å². The molecule has 1 aliphatic heterocycles. The lowest BCUT2D eigenvalue weighted by atomic mass is 9.99. The first-order valence-electron chi connectivity index (χ1n) is 9.45. The van der Waals surface area contributed by atoms with E-state index in [1.165, 1.54) is 5.56 Å². The minimum Gasteiger partial charge on any atom is -0.493 e. The van der Waals surface area contributed by atoms with E-state index >= 15 is 0 Å². The fraction of sp³-hybridized carbons (Fsp3) is 0.381. The lowest BCUT2D eigenvalue weighted by Gasteiger charge is -2.32. The van der Waals surface area contributed by atoms with E-state index in [4.69, 9.17) is 9.47 Å². The standard InChI is InChI=1S/C21H27N3O4S.HI/c1-22-21(23-10-12-29(25,26)18-7-5-4-6-8-18)24-11-9-16-13-19(27-2)20(28-3)14-17(16)15-24;/h4-8,13-14H,9-12,15H2,1-3H3,(H,22,23);1H. The van der Waals surface area contributed by atoms with E-state index in [2.05, 4.69) is 15.2 Å². The normalized spacial score (nSPS) is 13.8. The van der Waals surface area contributed by atoms with Gasteiger partial charge < -0.3 is 19.7 Å². The Kier molecular flexibility index (Phi) is 8.78. The number of sulfone groups is 1. The predicted molar refractivity (Wildman–Crippen MR) is 129 cm³/mol. The number of benzene rings is 2. The minimum atomic E-state index is -3.33. The molecule has 0 fully saturated rings. The lowest BCUT2D eigenvalue weighted by molar-refractivity contribution is 0.346. The molecule has 0 bridgehead atoms. The van der Waals surface area contributed by atoms with Crippen molar-refractivity contribution in [2.45, 2.75) is 17.9 Å². The van der Waals surface area contributed by atoms with Crippen molar-refractivity contribution in [3.8, 4) is 11.5 Å². The molecule has 3 rings (SSSR count). The van der Waals surface area contributed by atoms with E-state index in [0.29, 0.717) is 29.7 Å². The first-order valence-corrected chi connectivity index (χ1v) is 11.1. The van der Waals surface area contributed by atoms with Crippen LogP contribution in [-0.2, 0) is 22.8 Å². The molecule has 1 aliphatic rings. The molecule has 0 unspecified atom stereocenters. The van der Waals surface area contributed by atoms with E-state index in [-0.39, 0.29) is 29.7 Å². The Morgan fingerprint density at radius 1 is 1.10 bits per heavy atom. The molecule has 7 nitrogen and oxygen atoms in total. The van der Waals surface area contributed by atoms with Crippen LogP contribution in [0.15, 0.2) is 52.4 Å². The van der Waals surface area contributed by atoms with Crippen LogP contribution in [0.3, 0.4) is 0 Å². The fourth-order valence-corrected chi connectivity index (χ4v) is 4.62. The maximum Gasteiger partial charge on any atom is 0.193 e. The quantitative estimate of drug-likeness (QED) is 0.342. The number of methoxy groups -OCH3 is 2. The Morgan fingerprint density at radius 3 is 2.33 bits per heavy atom. The van der Waals surface area contributed by atoms with Gasteiger partial charge in [-0.3, -0.25) is 4.99 Å². The summed E-state index contributed by atoms with van der Waals surface area (Å²) in [5.74, 6) is 2.12. The third kappa shape index (κ3) is 5.57. The van der Waals surface area contributed by atoms with Gasteiger partial charge in [-0.15, -0.1) is 24.0 Å². The number of rotatable bonds is 6. The van der Waals surface area contributed by atoms with Crippen LogP contribution in [0.5, 0.6) is 11.5 Å². The van der Waals surface area contributed by atoms with Crippen LogP contribution < -0.4 is 14.8 Å². The third-order valence-electron chi connectivity index (χ3n) is 4.99. The third-order valence-corrected chi connectivity index (χ3v) is 6.72. The molecule has 1 N–H and O–H groups in total. The predicted octanol–water partition coefficient (Wildman–Crippen LogP) is 2.73. The SMILES string of the molecule is CN=C(NCCS(=O)(=O)c1ccccc1)N1CCc2cc(OC)c(OC)cc2C1.I. The van der Waals surface area contributed by atoms with Gasteiger partial charge in [-0.25, -0.2) is 8.42 Å². The molecule has 164 valence electrons. The summed E-state index contributed by atoms with van der Waals surface area (Å²) in [6.07, 6.45) is 0.846. The maximum absolute atomic E-state index is 12.5. The molecule has 0 saturated carbocycles. The number of hydrogen-bond donors (Lipinski definition) is 1. The van der Waals surface area contributed by atoms with Gasteiger partial charge in [0, 0.05) is 26.7 Å². The van der Waals surface area contributed by atoms with Gasteiger partial charge in [0.05, 0.1) is 24.9 Å². The zero-order valence-corrected chi connectivity index (χ0v) is 20.6. The fourth-order valence-electron chi connectivity index (χ4n) is 3.44. The van der Waals surface area contributed by atoms with Gasteiger partial charge >= 0.3 is 0 Å². The van der Waals surface area contributed by atoms with Crippen molar-refractivity contribution in [1.82, 2.24) is 10.2 Å². The smallest absolute Gasteiger partial charge is 0.193 e. The van der Waals surface area contributed by atoms with E-state index in [1.807, 2.05) is 12.1 Å². The van der Waals surface area contributed by atoms with Crippen LogP contribution in [0.1, 0.15) is 11.1 Å². The molecule has 0 aliphatic carbocycles. The number of ether oxygens (including phenoxy) is 2. The Balaban J connectivity index is 0.00000320. The number of nitrogens with zero attached hydrogens (tertiary/aromatic N) is 2. The molecular formula is C21H28IN3O4S. The first-order chi connectivity index (χ1) is 14.0. The van der Waals surface area contributed by atoms with E-state index < -0.39 is 9.84 Å².